The molecule has 0 heterocycles. The van der Waals surface area contributed by atoms with E-state index in [-0.39, 0.29) is 18.5 Å². The van der Waals surface area contributed by atoms with Crippen molar-refractivity contribution in [3.8, 4) is 0 Å². The first-order chi connectivity index (χ1) is 6.24. The van der Waals surface area contributed by atoms with Crippen molar-refractivity contribution in [3.05, 3.63) is 35.9 Å². The minimum atomic E-state index is -0.128. The van der Waals surface area contributed by atoms with Crippen LogP contribution in [0.1, 0.15) is 18.5 Å². The Morgan fingerprint density at radius 3 is 2.62 bits per heavy atom. The Kier molecular flexibility index (Phi) is 3.46. The zero-order valence-corrected chi connectivity index (χ0v) is 7.66. The van der Waals surface area contributed by atoms with E-state index in [4.69, 9.17) is 5.73 Å². The molecule has 1 unspecified atom stereocenters. The van der Waals surface area contributed by atoms with E-state index in [1.54, 1.807) is 0 Å². The van der Waals surface area contributed by atoms with Gasteiger partial charge in [-0.3, -0.25) is 4.79 Å². The number of hydrogen-bond acceptors (Lipinski definition) is 2. The van der Waals surface area contributed by atoms with Gasteiger partial charge in [-0.05, 0) is 12.5 Å². The molecule has 0 spiro atoms. The highest BCUT2D eigenvalue weighted by Gasteiger charge is 2.06. The Morgan fingerprint density at radius 2 is 2.08 bits per heavy atom. The van der Waals surface area contributed by atoms with E-state index < -0.39 is 0 Å². The number of hydrogen-bond donors (Lipinski definition) is 2. The lowest BCUT2D eigenvalue weighted by Gasteiger charge is -2.12. The van der Waals surface area contributed by atoms with Crippen molar-refractivity contribution in [1.82, 2.24) is 5.32 Å². The van der Waals surface area contributed by atoms with E-state index in [0.29, 0.717) is 0 Å². The van der Waals surface area contributed by atoms with Crippen LogP contribution in [0.4, 0.5) is 0 Å². The van der Waals surface area contributed by atoms with Gasteiger partial charge in [0.1, 0.15) is 0 Å². The van der Waals surface area contributed by atoms with Gasteiger partial charge in [-0.25, -0.2) is 0 Å². The van der Waals surface area contributed by atoms with Crippen LogP contribution in [-0.2, 0) is 4.79 Å². The average Bonchev–Trinajstić information content (AvgIpc) is 2.19. The zero-order chi connectivity index (χ0) is 9.68. The van der Waals surface area contributed by atoms with Gasteiger partial charge in [0.05, 0.1) is 12.6 Å². The minimum Gasteiger partial charge on any atom is -0.348 e. The van der Waals surface area contributed by atoms with Crippen LogP contribution in [0.5, 0.6) is 0 Å². The fourth-order valence-corrected chi connectivity index (χ4v) is 1.13. The smallest absolute Gasteiger partial charge is 0.234 e. The summed E-state index contributed by atoms with van der Waals surface area (Å²) in [5, 5.41) is 2.78. The second-order valence-corrected chi connectivity index (χ2v) is 2.90. The van der Waals surface area contributed by atoms with Crippen molar-refractivity contribution < 1.29 is 4.79 Å². The molecule has 1 aromatic rings. The van der Waals surface area contributed by atoms with E-state index >= 15 is 0 Å². The molecule has 70 valence electrons. The van der Waals surface area contributed by atoms with E-state index in [1.807, 2.05) is 37.3 Å². The van der Waals surface area contributed by atoms with E-state index in [0.717, 1.165) is 5.56 Å². The number of benzene rings is 1. The molecule has 0 aliphatic carbocycles. The van der Waals surface area contributed by atoms with Crippen molar-refractivity contribution in [1.29, 1.82) is 0 Å². The Bertz CT molecular complexity index is 272. The fourth-order valence-electron chi connectivity index (χ4n) is 1.13. The standard InChI is InChI=1S/C10H14N2O/c1-8(12-10(13)7-11)9-5-3-2-4-6-9/h2-6,8H,7,11H2,1H3,(H,12,13). The third-order valence-electron chi connectivity index (χ3n) is 1.86. The third-order valence-corrected chi connectivity index (χ3v) is 1.86. The van der Waals surface area contributed by atoms with Crippen molar-refractivity contribution in [3.63, 3.8) is 0 Å². The van der Waals surface area contributed by atoms with Crippen LogP contribution in [-0.4, -0.2) is 12.5 Å². The van der Waals surface area contributed by atoms with Crippen LogP contribution >= 0.6 is 0 Å². The highest BCUT2D eigenvalue weighted by molar-refractivity contribution is 5.78. The molecule has 3 nitrogen and oxygen atoms in total. The SMILES string of the molecule is CC(NC(=O)CN)c1ccccc1. The van der Waals surface area contributed by atoms with E-state index in [2.05, 4.69) is 5.32 Å². The van der Waals surface area contributed by atoms with Crippen molar-refractivity contribution in [2.24, 2.45) is 5.73 Å². The van der Waals surface area contributed by atoms with E-state index in [1.165, 1.54) is 0 Å². The first-order valence-electron chi connectivity index (χ1n) is 4.28. The molecule has 1 rings (SSSR count). The zero-order valence-electron chi connectivity index (χ0n) is 7.66. The molecular weight excluding hydrogens is 164 g/mol. The van der Waals surface area contributed by atoms with Crippen molar-refractivity contribution >= 4 is 5.91 Å². The molecule has 0 saturated heterocycles. The molecule has 0 aromatic heterocycles. The molecule has 0 radical (unpaired) electrons. The number of nitrogens with one attached hydrogen (secondary N) is 1. The highest BCUT2D eigenvalue weighted by atomic mass is 16.1. The quantitative estimate of drug-likeness (QED) is 0.720. The predicted octanol–water partition coefficient (Wildman–Crippen LogP) is 0.823. The van der Waals surface area contributed by atoms with Crippen LogP contribution in [0.15, 0.2) is 30.3 Å². The van der Waals surface area contributed by atoms with Gasteiger partial charge in [-0.2, -0.15) is 0 Å². The summed E-state index contributed by atoms with van der Waals surface area (Å²) in [4.78, 5) is 11.0. The Morgan fingerprint density at radius 1 is 1.46 bits per heavy atom. The molecule has 1 atom stereocenters. The van der Waals surface area contributed by atoms with Gasteiger partial charge in [0, 0.05) is 0 Å². The summed E-state index contributed by atoms with van der Waals surface area (Å²) in [6, 6.07) is 9.81. The molecule has 13 heavy (non-hydrogen) atoms. The summed E-state index contributed by atoms with van der Waals surface area (Å²) in [6.45, 7) is 1.97. The number of nitrogens with two attached hydrogens (primary N) is 1. The second-order valence-electron chi connectivity index (χ2n) is 2.90. The number of rotatable bonds is 3. The number of carbonyl (C=O) groups excluding carboxylic acids is 1. The van der Waals surface area contributed by atoms with Gasteiger partial charge < -0.3 is 11.1 Å². The third kappa shape index (κ3) is 2.87. The number of carbonyl (C=O) groups is 1. The fraction of sp³-hybridized carbons (Fsp3) is 0.300. The molecule has 0 aliphatic rings. The Labute approximate surface area is 77.9 Å². The lowest BCUT2D eigenvalue weighted by Crippen LogP contribution is -2.32. The van der Waals surface area contributed by atoms with Crippen LogP contribution in [0.2, 0.25) is 0 Å². The molecule has 0 bridgehead atoms. The van der Waals surface area contributed by atoms with Crippen molar-refractivity contribution in [2.75, 3.05) is 6.54 Å². The summed E-state index contributed by atoms with van der Waals surface area (Å²) in [5.74, 6) is -0.128. The molecule has 3 N–H and O–H groups in total. The lowest BCUT2D eigenvalue weighted by atomic mass is 10.1. The maximum Gasteiger partial charge on any atom is 0.234 e. The molecule has 0 saturated carbocycles. The van der Waals surface area contributed by atoms with Gasteiger partial charge in [-0.15, -0.1) is 0 Å². The minimum absolute atomic E-state index is 0.0252. The molecule has 1 amide bonds. The van der Waals surface area contributed by atoms with Gasteiger partial charge in [0.25, 0.3) is 0 Å². The molecular formula is C10H14N2O. The maximum atomic E-state index is 11.0. The van der Waals surface area contributed by atoms with Crippen LogP contribution in [0, 0.1) is 0 Å². The second kappa shape index (κ2) is 4.62. The van der Waals surface area contributed by atoms with Gasteiger partial charge >= 0.3 is 0 Å². The van der Waals surface area contributed by atoms with Crippen LogP contribution < -0.4 is 11.1 Å². The lowest BCUT2D eigenvalue weighted by molar-refractivity contribution is -0.120. The maximum absolute atomic E-state index is 11.0. The molecule has 1 aromatic carbocycles. The number of amides is 1. The normalized spacial score (nSPS) is 12.2. The first-order valence-corrected chi connectivity index (χ1v) is 4.28. The Hall–Kier alpha value is -1.35. The molecule has 0 aliphatic heterocycles. The van der Waals surface area contributed by atoms with Gasteiger partial charge in [0.2, 0.25) is 5.91 Å². The summed E-state index contributed by atoms with van der Waals surface area (Å²) in [5.41, 5.74) is 6.27. The Balaban J connectivity index is 2.59. The highest BCUT2D eigenvalue weighted by Crippen LogP contribution is 2.10. The molecule has 3 heteroatoms. The van der Waals surface area contributed by atoms with Crippen molar-refractivity contribution in [2.45, 2.75) is 13.0 Å². The largest absolute Gasteiger partial charge is 0.348 e. The van der Waals surface area contributed by atoms with Gasteiger partial charge in [0.15, 0.2) is 0 Å². The summed E-state index contributed by atoms with van der Waals surface area (Å²) < 4.78 is 0. The van der Waals surface area contributed by atoms with Gasteiger partial charge in [-0.1, -0.05) is 30.3 Å². The predicted molar refractivity (Wildman–Crippen MR) is 52.1 cm³/mol. The van der Waals surface area contributed by atoms with E-state index in [9.17, 15) is 4.79 Å². The summed E-state index contributed by atoms with van der Waals surface area (Å²) >= 11 is 0. The monoisotopic (exact) mass is 178 g/mol. The average molecular weight is 178 g/mol. The first kappa shape index (κ1) is 9.74. The van der Waals surface area contributed by atoms with Crippen LogP contribution in [0.3, 0.4) is 0 Å². The topological polar surface area (TPSA) is 55.1 Å². The van der Waals surface area contributed by atoms with Crippen LogP contribution in [0.25, 0.3) is 0 Å². The summed E-state index contributed by atoms with van der Waals surface area (Å²) in [6.07, 6.45) is 0. The molecule has 0 fully saturated rings. The summed E-state index contributed by atoms with van der Waals surface area (Å²) in [7, 11) is 0.